The highest BCUT2D eigenvalue weighted by atomic mass is 19.4. The summed E-state index contributed by atoms with van der Waals surface area (Å²) in [6.07, 6.45) is -1.07. The molecule has 2 aromatic heterocycles. The summed E-state index contributed by atoms with van der Waals surface area (Å²) >= 11 is 0. The number of nitrogens with two attached hydrogens (primary N) is 1. The number of aromatic nitrogens is 3. The number of nitrogens with zero attached hydrogens (tertiary/aromatic N) is 3. The number of nitrogens with one attached hydrogen (secondary N) is 2. The van der Waals surface area contributed by atoms with Crippen LogP contribution < -0.4 is 16.6 Å². The van der Waals surface area contributed by atoms with E-state index in [0.29, 0.717) is 13.1 Å². The lowest BCUT2D eigenvalue weighted by Crippen LogP contribution is -2.16. The largest absolute Gasteiger partial charge is 0.416 e. The standard InChI is InChI=1S/C11H13F3N6/c12-11(13,14)8-6-9(18-10(7-8)19-15)16-3-5-20-4-1-2-17-20/h1-2,4,6-7H,3,5,15H2,(H2,16,18,19). The molecule has 2 heterocycles. The summed E-state index contributed by atoms with van der Waals surface area (Å²) in [7, 11) is 0. The highest BCUT2D eigenvalue weighted by Gasteiger charge is 2.31. The van der Waals surface area contributed by atoms with Gasteiger partial charge >= 0.3 is 6.18 Å². The van der Waals surface area contributed by atoms with E-state index in [0.717, 1.165) is 12.1 Å². The van der Waals surface area contributed by atoms with Crippen LogP contribution in [0.1, 0.15) is 5.56 Å². The van der Waals surface area contributed by atoms with Crippen molar-refractivity contribution in [2.45, 2.75) is 12.7 Å². The van der Waals surface area contributed by atoms with Crippen LogP contribution in [-0.2, 0) is 12.7 Å². The second kappa shape index (κ2) is 5.78. The molecule has 20 heavy (non-hydrogen) atoms. The molecule has 2 aromatic rings. The molecule has 0 fully saturated rings. The van der Waals surface area contributed by atoms with Crippen LogP contribution in [0.4, 0.5) is 24.8 Å². The summed E-state index contributed by atoms with van der Waals surface area (Å²) in [5.74, 6) is 5.16. The van der Waals surface area contributed by atoms with Gasteiger partial charge in [0.05, 0.1) is 12.1 Å². The summed E-state index contributed by atoms with van der Waals surface area (Å²) in [6, 6.07) is 3.54. The lowest BCUT2D eigenvalue weighted by Gasteiger charge is -2.12. The number of rotatable bonds is 5. The molecule has 0 aliphatic heterocycles. The topological polar surface area (TPSA) is 80.8 Å². The van der Waals surface area contributed by atoms with Crippen LogP contribution in [0.15, 0.2) is 30.6 Å². The van der Waals surface area contributed by atoms with Crippen molar-refractivity contribution in [3.05, 3.63) is 36.2 Å². The van der Waals surface area contributed by atoms with E-state index >= 15 is 0 Å². The first-order valence-electron chi connectivity index (χ1n) is 5.76. The first-order valence-corrected chi connectivity index (χ1v) is 5.76. The zero-order chi connectivity index (χ0) is 14.6. The molecule has 0 saturated heterocycles. The average molecular weight is 286 g/mol. The lowest BCUT2D eigenvalue weighted by atomic mass is 10.2. The van der Waals surface area contributed by atoms with Crippen LogP contribution in [0.5, 0.6) is 0 Å². The quantitative estimate of drug-likeness (QED) is 0.576. The molecule has 0 radical (unpaired) electrons. The Morgan fingerprint density at radius 1 is 1.25 bits per heavy atom. The van der Waals surface area contributed by atoms with Crippen molar-refractivity contribution < 1.29 is 13.2 Å². The molecular formula is C11H13F3N6. The van der Waals surface area contributed by atoms with E-state index < -0.39 is 11.7 Å². The Kier molecular flexibility index (Phi) is 4.08. The molecule has 0 aromatic carbocycles. The van der Waals surface area contributed by atoms with Crippen LogP contribution in [0.2, 0.25) is 0 Å². The van der Waals surface area contributed by atoms with Crippen molar-refractivity contribution in [1.29, 1.82) is 0 Å². The van der Waals surface area contributed by atoms with E-state index in [9.17, 15) is 13.2 Å². The molecule has 108 valence electrons. The third-order valence-corrected chi connectivity index (χ3v) is 2.51. The summed E-state index contributed by atoms with van der Waals surface area (Å²) < 4.78 is 39.7. The second-order valence-electron chi connectivity index (χ2n) is 3.96. The van der Waals surface area contributed by atoms with Gasteiger partial charge in [0.2, 0.25) is 0 Å². The number of hydrogen-bond donors (Lipinski definition) is 3. The minimum atomic E-state index is -4.45. The zero-order valence-electron chi connectivity index (χ0n) is 10.4. The first-order chi connectivity index (χ1) is 9.49. The summed E-state index contributed by atoms with van der Waals surface area (Å²) in [5, 5.41) is 6.78. The second-order valence-corrected chi connectivity index (χ2v) is 3.96. The predicted molar refractivity (Wildman–Crippen MR) is 67.8 cm³/mol. The Morgan fingerprint density at radius 3 is 2.60 bits per heavy atom. The van der Waals surface area contributed by atoms with Crippen molar-refractivity contribution in [3.63, 3.8) is 0 Å². The van der Waals surface area contributed by atoms with Gasteiger partial charge in [-0.15, -0.1) is 0 Å². The molecule has 0 aliphatic carbocycles. The fourth-order valence-corrected chi connectivity index (χ4v) is 1.59. The van der Waals surface area contributed by atoms with Crippen LogP contribution in [0.25, 0.3) is 0 Å². The highest BCUT2D eigenvalue weighted by Crippen LogP contribution is 2.31. The maximum Gasteiger partial charge on any atom is 0.416 e. The smallest absolute Gasteiger partial charge is 0.368 e. The molecule has 0 unspecified atom stereocenters. The molecular weight excluding hydrogens is 273 g/mol. The maximum absolute atomic E-state index is 12.7. The van der Waals surface area contributed by atoms with Crippen LogP contribution in [0.3, 0.4) is 0 Å². The lowest BCUT2D eigenvalue weighted by molar-refractivity contribution is -0.137. The van der Waals surface area contributed by atoms with Gasteiger partial charge < -0.3 is 10.7 Å². The Hall–Kier alpha value is -2.29. The van der Waals surface area contributed by atoms with Gasteiger partial charge in [0.15, 0.2) is 0 Å². The van der Waals surface area contributed by atoms with Gasteiger partial charge in [-0.3, -0.25) is 4.68 Å². The van der Waals surface area contributed by atoms with Crippen molar-refractivity contribution >= 4 is 11.6 Å². The SMILES string of the molecule is NNc1cc(C(F)(F)F)cc(NCCn2cccn2)n1. The number of anilines is 2. The molecule has 0 atom stereocenters. The molecule has 0 amide bonds. The molecule has 0 aliphatic rings. The third-order valence-electron chi connectivity index (χ3n) is 2.51. The molecule has 0 spiro atoms. The van der Waals surface area contributed by atoms with E-state index in [2.05, 4.69) is 20.8 Å². The Bertz CT molecular complexity index is 552. The third kappa shape index (κ3) is 3.60. The van der Waals surface area contributed by atoms with E-state index in [1.165, 1.54) is 0 Å². The Balaban J connectivity index is 2.06. The number of hydrazine groups is 1. The van der Waals surface area contributed by atoms with Crippen molar-refractivity contribution in [3.8, 4) is 0 Å². The van der Waals surface area contributed by atoms with E-state index in [4.69, 9.17) is 5.84 Å². The van der Waals surface area contributed by atoms with Gasteiger partial charge in [-0.1, -0.05) is 0 Å². The van der Waals surface area contributed by atoms with Gasteiger partial charge in [0.1, 0.15) is 11.6 Å². The van der Waals surface area contributed by atoms with Gasteiger partial charge in [-0.2, -0.15) is 18.3 Å². The molecule has 6 nitrogen and oxygen atoms in total. The predicted octanol–water partition coefficient (Wildman–Crippen LogP) is 1.69. The summed E-state index contributed by atoms with van der Waals surface area (Å²) in [4.78, 5) is 3.91. The normalized spacial score (nSPS) is 11.4. The van der Waals surface area contributed by atoms with Crippen LogP contribution in [0, 0.1) is 0 Å². The fourth-order valence-electron chi connectivity index (χ4n) is 1.59. The summed E-state index contributed by atoms with van der Waals surface area (Å²) in [5.41, 5.74) is 1.30. The minimum absolute atomic E-state index is 0.0542. The minimum Gasteiger partial charge on any atom is -0.368 e. The Labute approximate surface area is 112 Å². The van der Waals surface area contributed by atoms with Gasteiger partial charge in [-0.25, -0.2) is 10.8 Å². The molecule has 9 heteroatoms. The molecule has 2 rings (SSSR count). The molecule has 4 N–H and O–H groups in total. The number of halogens is 3. The summed E-state index contributed by atoms with van der Waals surface area (Å²) in [6.45, 7) is 0.899. The zero-order valence-corrected chi connectivity index (χ0v) is 10.4. The fraction of sp³-hybridized carbons (Fsp3) is 0.273. The van der Waals surface area contributed by atoms with Crippen molar-refractivity contribution in [2.24, 2.45) is 5.84 Å². The Morgan fingerprint density at radius 2 is 2.00 bits per heavy atom. The van der Waals surface area contributed by atoms with Crippen molar-refractivity contribution in [1.82, 2.24) is 14.8 Å². The van der Waals surface area contributed by atoms with Crippen LogP contribution in [-0.4, -0.2) is 21.3 Å². The first kappa shape index (κ1) is 14.1. The monoisotopic (exact) mass is 286 g/mol. The highest BCUT2D eigenvalue weighted by molar-refractivity contribution is 5.49. The van der Waals surface area contributed by atoms with E-state index in [1.807, 2.05) is 0 Å². The van der Waals surface area contributed by atoms with Gasteiger partial charge in [0, 0.05) is 18.9 Å². The molecule has 0 saturated carbocycles. The maximum atomic E-state index is 12.7. The van der Waals surface area contributed by atoms with E-state index in [-0.39, 0.29) is 11.6 Å². The van der Waals surface area contributed by atoms with Gasteiger partial charge in [0.25, 0.3) is 0 Å². The number of hydrogen-bond acceptors (Lipinski definition) is 5. The molecule has 0 bridgehead atoms. The van der Waals surface area contributed by atoms with E-state index in [1.54, 1.807) is 23.1 Å². The van der Waals surface area contributed by atoms with Crippen LogP contribution >= 0.6 is 0 Å². The number of alkyl halides is 3. The number of nitrogen functional groups attached to an aromatic ring is 1. The average Bonchev–Trinajstić information content (AvgIpc) is 2.90. The number of pyridine rings is 1. The van der Waals surface area contributed by atoms with Crippen molar-refractivity contribution in [2.75, 3.05) is 17.3 Å². The van der Waals surface area contributed by atoms with Gasteiger partial charge in [-0.05, 0) is 18.2 Å².